The van der Waals surface area contributed by atoms with E-state index in [-0.39, 0.29) is 0 Å². The van der Waals surface area contributed by atoms with Crippen molar-refractivity contribution in [2.45, 2.75) is 12.8 Å². The highest BCUT2D eigenvalue weighted by molar-refractivity contribution is 5.76. The predicted octanol–water partition coefficient (Wildman–Crippen LogP) is 5.25. The van der Waals surface area contributed by atoms with Crippen LogP contribution >= 0.6 is 0 Å². The van der Waals surface area contributed by atoms with Crippen LogP contribution in [0.25, 0.3) is 33.0 Å². The van der Waals surface area contributed by atoms with Crippen LogP contribution < -0.4 is 0 Å². The SMILES string of the molecule is [N-]=[N+]=NCCCc1nc(-c2ccccc2)c(-c2ccccc2)o1. The van der Waals surface area contributed by atoms with E-state index in [4.69, 9.17) is 9.95 Å². The number of aromatic nitrogens is 1. The van der Waals surface area contributed by atoms with Gasteiger partial charge in [-0.3, -0.25) is 0 Å². The maximum absolute atomic E-state index is 8.33. The van der Waals surface area contributed by atoms with Gasteiger partial charge in [0.15, 0.2) is 11.7 Å². The van der Waals surface area contributed by atoms with E-state index in [9.17, 15) is 0 Å². The summed E-state index contributed by atoms with van der Waals surface area (Å²) in [4.78, 5) is 7.41. The first-order valence-corrected chi connectivity index (χ1v) is 7.50. The van der Waals surface area contributed by atoms with Gasteiger partial charge in [0.1, 0.15) is 5.69 Å². The number of benzene rings is 2. The maximum Gasteiger partial charge on any atom is 0.195 e. The molecule has 2 aromatic carbocycles. The van der Waals surface area contributed by atoms with Crippen molar-refractivity contribution in [3.63, 3.8) is 0 Å². The van der Waals surface area contributed by atoms with Crippen LogP contribution in [0.5, 0.6) is 0 Å². The normalized spacial score (nSPS) is 10.3. The van der Waals surface area contributed by atoms with Crippen LogP contribution in [-0.4, -0.2) is 11.5 Å². The van der Waals surface area contributed by atoms with E-state index in [1.165, 1.54) is 0 Å². The van der Waals surface area contributed by atoms with Crippen LogP contribution in [0, 0.1) is 0 Å². The molecule has 23 heavy (non-hydrogen) atoms. The van der Waals surface area contributed by atoms with E-state index in [2.05, 4.69) is 15.0 Å². The molecule has 0 spiro atoms. The number of hydrogen-bond acceptors (Lipinski definition) is 3. The van der Waals surface area contributed by atoms with Crippen LogP contribution in [-0.2, 0) is 6.42 Å². The van der Waals surface area contributed by atoms with E-state index in [0.717, 1.165) is 22.6 Å². The molecule has 0 saturated carbocycles. The standard InChI is InChI=1S/C18H16N4O/c19-22-20-13-7-12-16-21-17(14-8-3-1-4-9-14)18(23-16)15-10-5-2-6-11-15/h1-6,8-11H,7,12-13H2. The summed E-state index contributed by atoms with van der Waals surface area (Å²) in [5.41, 5.74) is 11.2. The van der Waals surface area contributed by atoms with Crippen molar-refractivity contribution < 1.29 is 4.42 Å². The summed E-state index contributed by atoms with van der Waals surface area (Å²) in [6, 6.07) is 20.0. The zero-order valence-corrected chi connectivity index (χ0v) is 12.6. The smallest absolute Gasteiger partial charge is 0.195 e. The second-order valence-corrected chi connectivity index (χ2v) is 5.08. The molecule has 0 bridgehead atoms. The molecule has 5 nitrogen and oxygen atoms in total. The minimum Gasteiger partial charge on any atom is -0.440 e. The minimum absolute atomic E-state index is 0.445. The van der Waals surface area contributed by atoms with Gasteiger partial charge in [-0.2, -0.15) is 0 Å². The predicted molar refractivity (Wildman–Crippen MR) is 89.7 cm³/mol. The molecule has 0 fully saturated rings. The third kappa shape index (κ3) is 3.59. The highest BCUT2D eigenvalue weighted by Crippen LogP contribution is 2.32. The average Bonchev–Trinajstić information content (AvgIpc) is 3.05. The summed E-state index contributed by atoms with van der Waals surface area (Å²) >= 11 is 0. The van der Waals surface area contributed by atoms with Crippen molar-refractivity contribution in [2.24, 2.45) is 5.11 Å². The first-order valence-electron chi connectivity index (χ1n) is 7.50. The lowest BCUT2D eigenvalue weighted by molar-refractivity contribution is 0.499. The second kappa shape index (κ2) is 7.29. The van der Waals surface area contributed by atoms with Gasteiger partial charge in [0.2, 0.25) is 0 Å². The molecule has 0 atom stereocenters. The molecule has 0 amide bonds. The molecule has 1 heterocycles. The number of azide groups is 1. The van der Waals surface area contributed by atoms with Crippen molar-refractivity contribution >= 4 is 0 Å². The summed E-state index contributed by atoms with van der Waals surface area (Å²) in [5.74, 6) is 1.44. The zero-order valence-electron chi connectivity index (χ0n) is 12.6. The molecule has 114 valence electrons. The van der Waals surface area contributed by atoms with Crippen molar-refractivity contribution in [3.05, 3.63) is 77.0 Å². The Kier molecular flexibility index (Phi) is 4.72. The molecule has 0 radical (unpaired) electrons. The first kappa shape index (κ1) is 14.9. The lowest BCUT2D eigenvalue weighted by Crippen LogP contribution is -1.88. The molecule has 0 N–H and O–H groups in total. The third-order valence-electron chi connectivity index (χ3n) is 3.47. The number of hydrogen-bond donors (Lipinski definition) is 0. The number of rotatable bonds is 6. The van der Waals surface area contributed by atoms with Crippen molar-refractivity contribution in [3.8, 4) is 22.6 Å². The Morgan fingerprint density at radius 1 is 0.957 bits per heavy atom. The third-order valence-corrected chi connectivity index (χ3v) is 3.47. The molecule has 0 aliphatic rings. The Labute approximate surface area is 134 Å². The van der Waals surface area contributed by atoms with Crippen LogP contribution in [0.4, 0.5) is 0 Å². The van der Waals surface area contributed by atoms with Crippen LogP contribution in [0.1, 0.15) is 12.3 Å². The molecular weight excluding hydrogens is 288 g/mol. The summed E-state index contributed by atoms with van der Waals surface area (Å²) < 4.78 is 5.99. The Morgan fingerprint density at radius 2 is 1.61 bits per heavy atom. The van der Waals surface area contributed by atoms with Gasteiger partial charge in [0, 0.05) is 29.0 Å². The van der Waals surface area contributed by atoms with Crippen molar-refractivity contribution in [1.82, 2.24) is 4.98 Å². The van der Waals surface area contributed by atoms with Gasteiger partial charge in [0.25, 0.3) is 0 Å². The van der Waals surface area contributed by atoms with Gasteiger partial charge >= 0.3 is 0 Å². The van der Waals surface area contributed by atoms with Crippen molar-refractivity contribution in [2.75, 3.05) is 6.54 Å². The van der Waals surface area contributed by atoms with Gasteiger partial charge in [-0.1, -0.05) is 65.8 Å². The quantitative estimate of drug-likeness (QED) is 0.270. The Hall–Kier alpha value is -3.04. The van der Waals surface area contributed by atoms with Gasteiger partial charge in [-0.15, -0.1) is 0 Å². The zero-order chi connectivity index (χ0) is 15.9. The summed E-state index contributed by atoms with van der Waals surface area (Å²) in [5, 5.41) is 3.54. The molecule has 0 aliphatic carbocycles. The first-order chi connectivity index (χ1) is 11.4. The second-order valence-electron chi connectivity index (χ2n) is 5.08. The Morgan fingerprint density at radius 3 is 2.26 bits per heavy atom. The molecule has 3 rings (SSSR count). The van der Waals surface area contributed by atoms with E-state index in [1.54, 1.807) is 0 Å². The molecule has 0 unspecified atom stereocenters. The Bertz CT molecular complexity index is 749. The van der Waals surface area contributed by atoms with E-state index >= 15 is 0 Å². The summed E-state index contributed by atoms with van der Waals surface area (Å²) in [6.07, 6.45) is 1.36. The van der Waals surface area contributed by atoms with Gasteiger partial charge < -0.3 is 4.42 Å². The highest BCUT2D eigenvalue weighted by Gasteiger charge is 2.16. The van der Waals surface area contributed by atoms with Gasteiger partial charge in [-0.05, 0) is 12.0 Å². The molecule has 0 saturated heterocycles. The van der Waals surface area contributed by atoms with E-state index in [0.29, 0.717) is 25.3 Å². The van der Waals surface area contributed by atoms with Crippen LogP contribution in [0.15, 0.2) is 70.2 Å². The number of oxazole rings is 1. The average molecular weight is 304 g/mol. The monoisotopic (exact) mass is 304 g/mol. The maximum atomic E-state index is 8.33. The van der Waals surface area contributed by atoms with Crippen LogP contribution in [0.2, 0.25) is 0 Å². The van der Waals surface area contributed by atoms with Crippen LogP contribution in [0.3, 0.4) is 0 Å². The fraction of sp³-hybridized carbons (Fsp3) is 0.167. The number of aryl methyl sites for hydroxylation is 1. The largest absolute Gasteiger partial charge is 0.440 e. The molecular formula is C18H16N4O. The fourth-order valence-corrected chi connectivity index (χ4v) is 2.39. The fourth-order valence-electron chi connectivity index (χ4n) is 2.39. The van der Waals surface area contributed by atoms with E-state index in [1.807, 2.05) is 60.7 Å². The lowest BCUT2D eigenvalue weighted by atomic mass is 10.1. The summed E-state index contributed by atoms with van der Waals surface area (Å²) in [7, 11) is 0. The van der Waals surface area contributed by atoms with Crippen molar-refractivity contribution in [1.29, 1.82) is 0 Å². The van der Waals surface area contributed by atoms with Gasteiger partial charge in [-0.25, -0.2) is 4.98 Å². The Balaban J connectivity index is 1.95. The van der Waals surface area contributed by atoms with E-state index < -0.39 is 0 Å². The molecule has 0 aliphatic heterocycles. The molecule has 5 heteroatoms. The number of nitrogens with zero attached hydrogens (tertiary/aromatic N) is 4. The minimum atomic E-state index is 0.445. The highest BCUT2D eigenvalue weighted by atomic mass is 16.4. The molecule has 3 aromatic rings. The summed E-state index contributed by atoms with van der Waals surface area (Å²) in [6.45, 7) is 0.445. The topological polar surface area (TPSA) is 74.8 Å². The lowest BCUT2D eigenvalue weighted by Gasteiger charge is -2.00. The van der Waals surface area contributed by atoms with Gasteiger partial charge in [0.05, 0.1) is 0 Å². The molecule has 1 aromatic heterocycles.